The lowest BCUT2D eigenvalue weighted by Gasteiger charge is -2.19. The molecule has 33 heteroatoms. The maximum Gasteiger partial charge on any atom is 0.277 e. The van der Waals surface area contributed by atoms with Crippen LogP contribution in [0, 0.1) is 0 Å². The fourth-order valence-corrected chi connectivity index (χ4v) is 15.5. The first-order valence-corrected chi connectivity index (χ1v) is 39.8. The van der Waals surface area contributed by atoms with Crippen molar-refractivity contribution in [3.8, 4) is 51.4 Å². The third-order valence-corrected chi connectivity index (χ3v) is 22.1. The van der Waals surface area contributed by atoms with Gasteiger partial charge in [-0.05, 0) is 192 Å². The van der Waals surface area contributed by atoms with Crippen LogP contribution in [0.15, 0.2) is 83.7 Å². The van der Waals surface area contributed by atoms with E-state index in [9.17, 15) is 39.6 Å². The molecule has 3 aromatic carbocycles. The number of hydrogen-bond donors (Lipinski definition) is 6. The lowest BCUT2D eigenvalue weighted by atomic mass is 10.1. The van der Waals surface area contributed by atoms with Crippen molar-refractivity contribution >= 4 is 63.2 Å². The zero-order valence-corrected chi connectivity index (χ0v) is 63.6. The van der Waals surface area contributed by atoms with Crippen LogP contribution in [-0.4, -0.2) is 197 Å². The van der Waals surface area contributed by atoms with Gasteiger partial charge in [0.15, 0.2) is 16.6 Å². The quantitative estimate of drug-likeness (QED) is 0.0224. The van der Waals surface area contributed by atoms with Crippen LogP contribution in [0.2, 0.25) is 0 Å². The summed E-state index contributed by atoms with van der Waals surface area (Å²) in [5.41, 5.74) is -1.63. The highest BCUT2D eigenvalue weighted by Gasteiger charge is 2.29. The number of sulfonamides is 3. The Labute approximate surface area is 667 Å². The predicted molar refractivity (Wildman–Crippen MR) is 419 cm³/mol. The summed E-state index contributed by atoms with van der Waals surface area (Å²) in [6.07, 6.45) is -2.70. The number of rotatable bonds is 33. The number of nitrogens with zero attached hydrogens (tertiary/aromatic N) is 12. The largest absolute Gasteiger partial charge is 0.493 e. The van der Waals surface area contributed by atoms with Crippen molar-refractivity contribution in [3.05, 3.63) is 103 Å². The van der Waals surface area contributed by atoms with Gasteiger partial charge in [0.1, 0.15) is 51.3 Å². The molecule has 0 saturated carbocycles. The molecule has 0 radical (unpaired) electrons. The smallest absolute Gasteiger partial charge is 0.277 e. The molecule has 6 N–H and O–H groups in total. The molecule has 12 rings (SSSR count). The van der Waals surface area contributed by atoms with Gasteiger partial charge in [0.25, 0.3) is 16.7 Å². The molecule has 3 aliphatic heterocycles. The summed E-state index contributed by atoms with van der Waals surface area (Å²) >= 11 is 0. The molecule has 4 atom stereocenters. The summed E-state index contributed by atoms with van der Waals surface area (Å²) in [5.74, 6) is -0.676. The van der Waals surface area contributed by atoms with E-state index in [1.165, 1.54) is 39.7 Å². The van der Waals surface area contributed by atoms with Crippen molar-refractivity contribution in [2.45, 2.75) is 190 Å². The lowest BCUT2D eigenvalue weighted by Crippen LogP contribution is -2.31. The van der Waals surface area contributed by atoms with Crippen LogP contribution in [-0.2, 0) is 70.4 Å². The molecular formula is C75H108N18O12S3. The Kier molecular flexibility index (Phi) is 18.6. The first kappa shape index (κ1) is 54.4. The topological polar surface area (TPSA) is 367 Å². The van der Waals surface area contributed by atoms with Crippen LogP contribution < -0.4 is 45.1 Å². The summed E-state index contributed by atoms with van der Waals surface area (Å²) in [6.45, 7) is -13.2. The van der Waals surface area contributed by atoms with Gasteiger partial charge in [-0.15, -0.1) is 0 Å². The second kappa shape index (κ2) is 37.0. The zero-order chi connectivity index (χ0) is 99.2. The van der Waals surface area contributed by atoms with E-state index in [0.29, 0.717) is 112 Å². The molecule has 3 fully saturated rings. The van der Waals surface area contributed by atoms with Gasteiger partial charge in [-0.1, -0.05) is 60.6 Å². The van der Waals surface area contributed by atoms with Gasteiger partial charge in [-0.25, -0.2) is 54.4 Å². The molecule has 9 heterocycles. The predicted octanol–water partition coefficient (Wildman–Crippen LogP) is 8.48. The number of ether oxygens (including phenoxy) is 3. The fourth-order valence-electron chi connectivity index (χ4n) is 12.7. The van der Waals surface area contributed by atoms with E-state index in [2.05, 4.69) is 54.6 Å². The minimum Gasteiger partial charge on any atom is -0.493 e. The maximum absolute atomic E-state index is 13.8. The van der Waals surface area contributed by atoms with E-state index < -0.39 is 165 Å². The Morgan fingerprint density at radius 2 is 0.907 bits per heavy atom. The maximum atomic E-state index is 13.8. The van der Waals surface area contributed by atoms with Crippen LogP contribution >= 0.6 is 0 Å². The molecule has 0 aliphatic carbocycles. The molecule has 0 bridgehead atoms. The molecular weight excluding hydrogens is 1440 g/mol. The van der Waals surface area contributed by atoms with E-state index in [0.717, 1.165) is 64.5 Å². The van der Waals surface area contributed by atoms with Gasteiger partial charge in [-0.2, -0.15) is 15.3 Å². The molecule has 0 spiro atoms. The van der Waals surface area contributed by atoms with Gasteiger partial charge in [0.05, 0.1) is 71.0 Å². The molecule has 4 unspecified atom stereocenters. The van der Waals surface area contributed by atoms with Crippen molar-refractivity contribution in [1.29, 1.82) is 0 Å². The molecule has 6 aromatic heterocycles. The van der Waals surface area contributed by atoms with Gasteiger partial charge < -0.3 is 43.9 Å². The lowest BCUT2D eigenvalue weighted by molar-refractivity contribution is 0.297. The number of nitrogens with one attached hydrogen (secondary N) is 6. The van der Waals surface area contributed by atoms with Crippen molar-refractivity contribution in [1.82, 2.24) is 88.1 Å². The number of aromatic amines is 3. The van der Waals surface area contributed by atoms with E-state index in [-0.39, 0.29) is 69.6 Å². The van der Waals surface area contributed by atoms with Crippen molar-refractivity contribution < 1.29 is 73.7 Å². The zero-order valence-electron chi connectivity index (χ0n) is 86.1. The minimum absolute atomic E-state index is 0.0221. The van der Waals surface area contributed by atoms with Crippen LogP contribution in [0.4, 0.5) is 0 Å². The Morgan fingerprint density at radius 1 is 0.491 bits per heavy atom. The highest BCUT2D eigenvalue weighted by molar-refractivity contribution is 7.90. The first-order valence-electron chi connectivity index (χ1n) is 47.9. The second-order valence-electron chi connectivity index (χ2n) is 26.0. The molecule has 9 aromatic rings. The van der Waals surface area contributed by atoms with Crippen LogP contribution in [0.5, 0.6) is 17.2 Å². The highest BCUT2D eigenvalue weighted by atomic mass is 32.2. The molecule has 588 valence electrons. The minimum atomic E-state index is -5.30. The summed E-state index contributed by atoms with van der Waals surface area (Å²) < 4.78 is 307. The van der Waals surface area contributed by atoms with Gasteiger partial charge in [0.2, 0.25) is 30.1 Å². The third kappa shape index (κ3) is 19.5. The third-order valence-electron chi connectivity index (χ3n) is 18.2. The Balaban J connectivity index is 0.000000214. The summed E-state index contributed by atoms with van der Waals surface area (Å²) in [6, 6.07) is 8.96. The van der Waals surface area contributed by atoms with Gasteiger partial charge in [0, 0.05) is 90.2 Å². The SMILES string of the molecule is [2H]C(CC1CCCN1C)NS(=O)(=O)c1ccc(OCCC)c(-c2nc3c(CCC)nn(C)c3c(=O)[nH]2)c1.[2H]C([2H])(CC1CCCN1C)NS(=O)(=O)c1ccc(OCCC)c(-c2nc3c(CCC)nn(C)c3c(=O)[nH]2)c1.[2H]C([2H])([2H])N1CCCC1C([2H])([2H])C([2H])([2H])NS(=O)(=O)c1ccc(OC([2H])([2H])C([2H])([2H])C([2H])([2H])[2H])c(-c2nc3c(CC([2H])([2H])C([2H])([2H])[2H])nn(C([2H])([2H])[2H])c3c(=O)[nH]2)c1. The molecule has 0 amide bonds. The Bertz CT molecular complexity index is 6290. The molecule has 30 nitrogen and oxygen atoms in total. The van der Waals surface area contributed by atoms with Crippen molar-refractivity contribution in [2.24, 2.45) is 21.1 Å². The van der Waals surface area contributed by atoms with Crippen LogP contribution in [0.1, 0.15) is 189 Å². The van der Waals surface area contributed by atoms with Crippen molar-refractivity contribution in [2.75, 3.05) is 80.0 Å². The fraction of sp³-hybridized carbons (Fsp3) is 0.560. The summed E-state index contributed by atoms with van der Waals surface area (Å²) in [5, 5.41) is 12.6. The Hall–Kier alpha value is -8.28. The van der Waals surface area contributed by atoms with E-state index in [4.69, 9.17) is 53.5 Å². The van der Waals surface area contributed by atoms with Gasteiger partial charge in [-0.3, -0.25) is 28.4 Å². The van der Waals surface area contributed by atoms with E-state index >= 15 is 0 Å². The normalized spacial score (nSPS) is 21.7. The standard InChI is InChI=1S/3C25H36N6O4S/c3*1-5-8-20-22-23(31(4)29-20)25(32)28-24(27-22)19-16-18(10-11-21(19)35-15-6-2)36(33,34)26-13-12-17-9-7-14-30(17)3/h3*10-11,16-17,26H,5-9,12-15H2,1-4H3,(H,27,28,32)/i1D3,2D3,3D3,4D3,5D2,6D2,12D2,13D2,15D2;13D2;13D. The number of hydrogen-bond acceptors (Lipinski definition) is 21. The van der Waals surface area contributed by atoms with E-state index in [1.807, 2.05) is 46.7 Å². The average molecular weight is 1580 g/mol. The number of fused-ring (bicyclic) bond motifs is 3. The number of aryl methyl sites for hydroxylation is 6. The molecule has 108 heavy (non-hydrogen) atoms. The van der Waals surface area contributed by atoms with Crippen molar-refractivity contribution in [3.63, 3.8) is 0 Å². The second-order valence-corrected chi connectivity index (χ2v) is 31.1. The number of aromatic nitrogens is 12. The summed E-state index contributed by atoms with van der Waals surface area (Å²) in [7, 11) is -6.24. The molecule has 3 aliphatic rings. The molecule has 3 saturated heterocycles. The number of benzene rings is 3. The Morgan fingerprint density at radius 3 is 1.35 bits per heavy atom. The highest BCUT2D eigenvalue weighted by Crippen LogP contribution is 2.36. The number of H-pyrrole nitrogens is 3. The van der Waals surface area contributed by atoms with Gasteiger partial charge >= 0.3 is 0 Å². The first-order chi connectivity index (χ1) is 61.3. The van der Waals surface area contributed by atoms with E-state index in [1.54, 1.807) is 24.9 Å². The van der Waals surface area contributed by atoms with Crippen LogP contribution in [0.25, 0.3) is 67.3 Å². The summed E-state index contributed by atoms with van der Waals surface area (Å²) in [4.78, 5) is 64.4. The monoisotopic (exact) mass is 1570 g/mol. The average Bonchev–Trinajstić information content (AvgIpc) is 1.46. The number of likely N-dealkylation sites (tertiary alicyclic amines) is 3. The van der Waals surface area contributed by atoms with Crippen LogP contribution in [0.3, 0.4) is 0 Å².